The smallest absolute Gasteiger partial charge is 0.305 e. The van der Waals surface area contributed by atoms with Crippen LogP contribution in [0, 0.1) is 10.8 Å². The van der Waals surface area contributed by atoms with Gasteiger partial charge in [0, 0.05) is 12.6 Å². The molecule has 2 bridgehead atoms. The van der Waals surface area contributed by atoms with E-state index in [-0.39, 0.29) is 11.2 Å². The molecule has 3 heterocycles. The van der Waals surface area contributed by atoms with Gasteiger partial charge in [0.25, 0.3) is 0 Å². The van der Waals surface area contributed by atoms with Gasteiger partial charge in [-0.05, 0) is 42.2 Å². The summed E-state index contributed by atoms with van der Waals surface area (Å²) in [4.78, 5) is 23.0. The minimum atomic E-state index is -0.397. The Morgan fingerprint density at radius 1 is 1.33 bits per heavy atom. The van der Waals surface area contributed by atoms with Gasteiger partial charge in [0.05, 0.1) is 6.26 Å². The molecule has 1 amide bonds. The van der Waals surface area contributed by atoms with Crippen molar-refractivity contribution in [1.82, 2.24) is 15.4 Å². The summed E-state index contributed by atoms with van der Waals surface area (Å²) < 4.78 is 5.07. The number of nitrogens with two attached hydrogens (primary N) is 1. The van der Waals surface area contributed by atoms with Crippen molar-refractivity contribution in [2.24, 2.45) is 10.8 Å². The first-order chi connectivity index (χ1) is 12.8. The van der Waals surface area contributed by atoms with Crippen molar-refractivity contribution >= 4 is 23.2 Å². The van der Waals surface area contributed by atoms with Crippen molar-refractivity contribution < 1.29 is 9.21 Å². The molecule has 2 aliphatic rings. The molecule has 0 radical (unpaired) electrons. The Kier molecular flexibility index (Phi) is 4.01. The summed E-state index contributed by atoms with van der Waals surface area (Å²) in [6.45, 7) is 7.95. The van der Waals surface area contributed by atoms with E-state index in [1.165, 1.54) is 19.0 Å². The van der Waals surface area contributed by atoms with E-state index in [1.54, 1.807) is 12.1 Å². The minimum absolute atomic E-state index is 0.207. The molecule has 1 saturated carbocycles. The summed E-state index contributed by atoms with van der Waals surface area (Å²) >= 11 is 0. The number of nitrogens with zero attached hydrogens (tertiary/aromatic N) is 3. The van der Waals surface area contributed by atoms with Gasteiger partial charge in [-0.15, -0.1) is 0 Å². The van der Waals surface area contributed by atoms with Crippen molar-refractivity contribution in [2.45, 2.75) is 46.1 Å². The molecule has 2 aromatic rings. The lowest BCUT2D eigenvalue weighted by Crippen LogP contribution is -2.35. The molecule has 144 valence electrons. The molecule has 1 saturated heterocycles. The lowest BCUT2D eigenvalue weighted by Gasteiger charge is -2.39. The maximum atomic E-state index is 12.0. The summed E-state index contributed by atoms with van der Waals surface area (Å²) in [6.07, 6.45) is 6.38. The van der Waals surface area contributed by atoms with Gasteiger partial charge < -0.3 is 15.1 Å². The number of anilines is 3. The molecule has 0 spiro atoms. The Hall–Kier alpha value is -2.77. The van der Waals surface area contributed by atoms with Crippen molar-refractivity contribution in [3.05, 3.63) is 30.5 Å². The SMILES string of the molecule is CC1(C)CC2CC(C)(CN2c2ncnc(NNC(=O)c3ccco3)c2N)C1. The third-order valence-corrected chi connectivity index (χ3v) is 5.59. The van der Waals surface area contributed by atoms with Crippen LogP contribution in [0.5, 0.6) is 0 Å². The maximum absolute atomic E-state index is 12.0. The van der Waals surface area contributed by atoms with E-state index in [0.717, 1.165) is 25.2 Å². The highest BCUT2D eigenvalue weighted by molar-refractivity contribution is 5.92. The van der Waals surface area contributed by atoms with Crippen LogP contribution in [0.3, 0.4) is 0 Å². The van der Waals surface area contributed by atoms with E-state index in [0.29, 0.717) is 23.0 Å². The number of amides is 1. The zero-order chi connectivity index (χ0) is 19.2. The Bertz CT molecular complexity index is 850. The summed E-state index contributed by atoms with van der Waals surface area (Å²) in [7, 11) is 0. The predicted molar refractivity (Wildman–Crippen MR) is 103 cm³/mol. The molecule has 4 N–H and O–H groups in total. The van der Waals surface area contributed by atoms with E-state index < -0.39 is 5.91 Å². The van der Waals surface area contributed by atoms with Crippen molar-refractivity contribution in [2.75, 3.05) is 22.6 Å². The van der Waals surface area contributed by atoms with Gasteiger partial charge >= 0.3 is 5.91 Å². The lowest BCUT2D eigenvalue weighted by molar-refractivity contribution is 0.0935. The van der Waals surface area contributed by atoms with E-state index in [2.05, 4.69) is 46.5 Å². The van der Waals surface area contributed by atoms with Crippen LogP contribution in [-0.4, -0.2) is 28.5 Å². The fourth-order valence-electron chi connectivity index (χ4n) is 5.01. The Balaban J connectivity index is 1.53. The van der Waals surface area contributed by atoms with E-state index >= 15 is 0 Å². The number of furan rings is 1. The average Bonchev–Trinajstić information content (AvgIpc) is 3.19. The molecule has 2 unspecified atom stereocenters. The maximum Gasteiger partial charge on any atom is 0.305 e. The first-order valence-corrected chi connectivity index (χ1v) is 9.23. The van der Waals surface area contributed by atoms with Gasteiger partial charge in [0.15, 0.2) is 17.4 Å². The number of aromatic nitrogens is 2. The Morgan fingerprint density at radius 2 is 2.15 bits per heavy atom. The van der Waals surface area contributed by atoms with Crippen LogP contribution in [0.1, 0.15) is 50.6 Å². The standard InChI is InChI=1S/C19H26N6O2/c1-18(2)7-12-8-19(3,9-18)10-25(12)16-14(20)15(21-11-22-16)23-24-17(26)13-5-4-6-27-13/h4-6,11-12H,7-10,20H2,1-3H3,(H,24,26)(H,21,22,23). The second kappa shape index (κ2) is 6.14. The number of nitrogens with one attached hydrogen (secondary N) is 2. The van der Waals surface area contributed by atoms with Crippen LogP contribution in [0.4, 0.5) is 17.3 Å². The number of hydrazine groups is 1. The number of carbonyl (C=O) groups is 1. The van der Waals surface area contributed by atoms with Gasteiger partial charge in [-0.25, -0.2) is 9.97 Å². The third kappa shape index (κ3) is 3.31. The largest absolute Gasteiger partial charge is 0.459 e. The molecule has 8 nitrogen and oxygen atoms in total. The molecule has 4 rings (SSSR count). The average molecular weight is 370 g/mol. The second-order valence-corrected chi connectivity index (χ2v) is 8.86. The van der Waals surface area contributed by atoms with Crippen molar-refractivity contribution in [3.63, 3.8) is 0 Å². The molecular formula is C19H26N6O2. The molecule has 1 aliphatic carbocycles. The predicted octanol–water partition coefficient (Wildman–Crippen LogP) is 2.81. The zero-order valence-electron chi connectivity index (χ0n) is 16.0. The van der Waals surface area contributed by atoms with Crippen LogP contribution in [0.15, 0.2) is 29.1 Å². The van der Waals surface area contributed by atoms with Gasteiger partial charge in [-0.1, -0.05) is 20.8 Å². The van der Waals surface area contributed by atoms with Gasteiger partial charge in [0.1, 0.15) is 12.0 Å². The van der Waals surface area contributed by atoms with E-state index in [1.807, 2.05) is 0 Å². The third-order valence-electron chi connectivity index (χ3n) is 5.59. The molecule has 0 aromatic carbocycles. The van der Waals surface area contributed by atoms with E-state index in [4.69, 9.17) is 10.2 Å². The van der Waals surface area contributed by atoms with Crippen LogP contribution in [0.2, 0.25) is 0 Å². The fraction of sp³-hybridized carbons (Fsp3) is 0.526. The van der Waals surface area contributed by atoms with Crippen molar-refractivity contribution in [3.8, 4) is 0 Å². The Morgan fingerprint density at radius 3 is 2.89 bits per heavy atom. The number of rotatable bonds is 4. The first kappa shape index (κ1) is 17.6. The molecule has 1 aliphatic heterocycles. The van der Waals surface area contributed by atoms with Crippen LogP contribution in [0.25, 0.3) is 0 Å². The molecular weight excluding hydrogens is 344 g/mol. The van der Waals surface area contributed by atoms with Crippen LogP contribution in [-0.2, 0) is 0 Å². The molecule has 2 fully saturated rings. The number of nitrogen functional groups attached to an aromatic ring is 1. The number of carbonyl (C=O) groups excluding carboxylic acids is 1. The van der Waals surface area contributed by atoms with Crippen molar-refractivity contribution in [1.29, 1.82) is 0 Å². The molecule has 8 heteroatoms. The highest BCUT2D eigenvalue weighted by Crippen LogP contribution is 2.53. The fourth-order valence-corrected chi connectivity index (χ4v) is 5.01. The lowest BCUT2D eigenvalue weighted by atomic mass is 9.65. The zero-order valence-corrected chi connectivity index (χ0v) is 16.0. The number of hydrogen-bond acceptors (Lipinski definition) is 7. The summed E-state index contributed by atoms with van der Waals surface area (Å²) in [6, 6.07) is 3.65. The monoisotopic (exact) mass is 370 g/mol. The minimum Gasteiger partial charge on any atom is -0.459 e. The quantitative estimate of drug-likeness (QED) is 0.710. The molecule has 2 atom stereocenters. The molecule has 2 aromatic heterocycles. The summed E-state index contributed by atoms with van der Waals surface area (Å²) in [5, 5.41) is 0. The van der Waals surface area contributed by atoms with Gasteiger partial charge in [-0.2, -0.15) is 0 Å². The number of hydrogen-bond donors (Lipinski definition) is 3. The van der Waals surface area contributed by atoms with Gasteiger partial charge in [-0.3, -0.25) is 15.6 Å². The van der Waals surface area contributed by atoms with E-state index in [9.17, 15) is 4.79 Å². The van der Waals surface area contributed by atoms with Crippen LogP contribution < -0.4 is 21.5 Å². The first-order valence-electron chi connectivity index (χ1n) is 9.23. The van der Waals surface area contributed by atoms with Gasteiger partial charge in [0.2, 0.25) is 0 Å². The number of fused-ring (bicyclic) bond motifs is 2. The normalized spacial score (nSPS) is 26.0. The summed E-state index contributed by atoms with van der Waals surface area (Å²) in [5.74, 6) is 0.918. The summed E-state index contributed by atoms with van der Waals surface area (Å²) in [5.41, 5.74) is 12.7. The topological polar surface area (TPSA) is 109 Å². The van der Waals surface area contributed by atoms with Crippen LogP contribution >= 0.6 is 0 Å². The molecule has 27 heavy (non-hydrogen) atoms. The highest BCUT2D eigenvalue weighted by atomic mass is 16.3. The second-order valence-electron chi connectivity index (χ2n) is 8.86. The Labute approximate surface area is 158 Å². The highest BCUT2D eigenvalue weighted by Gasteiger charge is 2.50.